The van der Waals surface area contributed by atoms with Crippen LogP contribution in [-0.2, 0) is 0 Å². The van der Waals surface area contributed by atoms with E-state index in [9.17, 15) is 0 Å². The van der Waals surface area contributed by atoms with Gasteiger partial charge in [-0.3, -0.25) is 0 Å². The van der Waals surface area contributed by atoms with Crippen molar-refractivity contribution in [2.75, 3.05) is 11.9 Å². The third-order valence-electron chi connectivity index (χ3n) is 4.21. The van der Waals surface area contributed by atoms with Crippen LogP contribution in [0, 0.1) is 6.92 Å². The summed E-state index contributed by atoms with van der Waals surface area (Å²) in [6, 6.07) is 7.24. The minimum absolute atomic E-state index is 0.450. The van der Waals surface area contributed by atoms with Crippen molar-refractivity contribution in [2.24, 2.45) is 0 Å². The third-order valence-corrected chi connectivity index (χ3v) is 4.21. The van der Waals surface area contributed by atoms with Crippen LogP contribution in [0.5, 0.6) is 0 Å². The number of nitrogens with one attached hydrogen (secondary N) is 2. The highest BCUT2D eigenvalue weighted by molar-refractivity contribution is 5.77. The van der Waals surface area contributed by atoms with Gasteiger partial charge in [-0.2, -0.15) is 0 Å². The van der Waals surface area contributed by atoms with Crippen molar-refractivity contribution in [3.63, 3.8) is 0 Å². The Morgan fingerprint density at radius 3 is 3.19 bits per heavy atom. The number of benzene rings is 1. The maximum atomic E-state index is 5.51. The largest absolute Gasteiger partial charge is 0.441 e. The van der Waals surface area contributed by atoms with Gasteiger partial charge in [0.2, 0.25) is 0 Å². The Morgan fingerprint density at radius 2 is 2.29 bits per heavy atom. The molecule has 0 saturated carbocycles. The van der Waals surface area contributed by atoms with Gasteiger partial charge in [-0.15, -0.1) is 0 Å². The summed E-state index contributed by atoms with van der Waals surface area (Å²) in [5, 5.41) is 7.25. The molecule has 21 heavy (non-hydrogen) atoms. The molecular weight excluding hydrogens is 262 g/mol. The molecule has 1 aliphatic rings. The van der Waals surface area contributed by atoms with Gasteiger partial charge in [-0.05, 0) is 50.9 Å². The van der Waals surface area contributed by atoms with Crippen molar-refractivity contribution in [3.8, 4) is 0 Å². The van der Waals surface area contributed by atoms with Crippen LogP contribution in [0.1, 0.15) is 44.9 Å². The smallest absolute Gasteiger partial charge is 0.192 e. The molecule has 2 heterocycles. The zero-order valence-corrected chi connectivity index (χ0v) is 13.0. The second-order valence-electron chi connectivity index (χ2n) is 6.20. The van der Waals surface area contributed by atoms with E-state index in [1.807, 2.05) is 13.0 Å². The predicted molar refractivity (Wildman–Crippen MR) is 86.7 cm³/mol. The van der Waals surface area contributed by atoms with Crippen molar-refractivity contribution in [3.05, 3.63) is 24.1 Å². The molecule has 114 valence electrons. The summed E-state index contributed by atoms with van der Waals surface area (Å²) < 4.78 is 5.51. The lowest BCUT2D eigenvalue weighted by molar-refractivity contribution is 0.456. The summed E-state index contributed by atoms with van der Waals surface area (Å²) in [6.07, 6.45) is 6.51. The monoisotopic (exact) mass is 287 g/mol. The standard InChI is InChI=1S/C17H25N3O/c1-12(10-14-6-4-3-5-9-18-14)19-15-7-8-17-16(11-15)20-13(2)21-17/h7-8,11-12,14,18-19H,3-6,9-10H2,1-2H3. The Labute approximate surface area is 126 Å². The third kappa shape index (κ3) is 3.76. The summed E-state index contributed by atoms with van der Waals surface area (Å²) in [5.41, 5.74) is 2.91. The van der Waals surface area contributed by atoms with Crippen molar-refractivity contribution < 1.29 is 4.42 Å². The van der Waals surface area contributed by atoms with Crippen LogP contribution in [0.15, 0.2) is 22.6 Å². The van der Waals surface area contributed by atoms with Crippen molar-refractivity contribution >= 4 is 16.8 Å². The summed E-state index contributed by atoms with van der Waals surface area (Å²) >= 11 is 0. The molecule has 0 aliphatic carbocycles. The first kappa shape index (κ1) is 14.4. The second kappa shape index (κ2) is 6.48. The van der Waals surface area contributed by atoms with Gasteiger partial charge in [0.15, 0.2) is 11.5 Å². The van der Waals surface area contributed by atoms with Crippen molar-refractivity contribution in [1.29, 1.82) is 0 Å². The van der Waals surface area contributed by atoms with Crippen LogP contribution in [0.2, 0.25) is 0 Å². The molecule has 1 aromatic heterocycles. The first-order valence-corrected chi connectivity index (χ1v) is 8.08. The van der Waals surface area contributed by atoms with Gasteiger partial charge in [-0.25, -0.2) is 4.98 Å². The molecule has 2 atom stereocenters. The SMILES string of the molecule is Cc1nc2cc(NC(C)CC3CCCCCN3)ccc2o1. The molecule has 2 N–H and O–H groups in total. The van der Waals surface area contributed by atoms with Gasteiger partial charge < -0.3 is 15.1 Å². The molecule has 0 spiro atoms. The van der Waals surface area contributed by atoms with Gasteiger partial charge >= 0.3 is 0 Å². The topological polar surface area (TPSA) is 50.1 Å². The van der Waals surface area contributed by atoms with Crippen LogP contribution in [0.3, 0.4) is 0 Å². The van der Waals surface area contributed by atoms with E-state index in [2.05, 4.69) is 34.7 Å². The molecule has 4 nitrogen and oxygen atoms in total. The van der Waals surface area contributed by atoms with Gasteiger partial charge in [-0.1, -0.05) is 12.8 Å². The van der Waals surface area contributed by atoms with Crippen LogP contribution in [0.25, 0.3) is 11.1 Å². The molecule has 0 radical (unpaired) electrons. The summed E-state index contributed by atoms with van der Waals surface area (Å²) in [7, 11) is 0. The van der Waals surface area contributed by atoms with E-state index >= 15 is 0 Å². The Morgan fingerprint density at radius 1 is 1.38 bits per heavy atom. The Bertz CT molecular complexity index is 585. The summed E-state index contributed by atoms with van der Waals surface area (Å²) in [4.78, 5) is 4.39. The summed E-state index contributed by atoms with van der Waals surface area (Å²) in [6.45, 7) is 5.31. The van der Waals surface area contributed by atoms with Gasteiger partial charge in [0.1, 0.15) is 5.52 Å². The van der Waals surface area contributed by atoms with Crippen molar-refractivity contribution in [1.82, 2.24) is 10.3 Å². The molecule has 1 fully saturated rings. The highest BCUT2D eigenvalue weighted by Gasteiger charge is 2.15. The first-order valence-electron chi connectivity index (χ1n) is 8.08. The van der Waals surface area contributed by atoms with Gasteiger partial charge in [0.25, 0.3) is 0 Å². The van der Waals surface area contributed by atoms with Crippen molar-refractivity contribution in [2.45, 2.75) is 58.0 Å². The van der Waals surface area contributed by atoms with Crippen LogP contribution < -0.4 is 10.6 Å². The van der Waals surface area contributed by atoms with Gasteiger partial charge in [0.05, 0.1) is 0 Å². The Balaban J connectivity index is 1.60. The molecule has 2 aromatic rings. The quantitative estimate of drug-likeness (QED) is 0.896. The molecule has 1 saturated heterocycles. The fourth-order valence-corrected chi connectivity index (χ4v) is 3.20. The van der Waals surface area contributed by atoms with Crippen LogP contribution in [-0.4, -0.2) is 23.6 Å². The zero-order valence-electron chi connectivity index (χ0n) is 13.0. The lowest BCUT2D eigenvalue weighted by Gasteiger charge is -2.22. The van der Waals surface area contributed by atoms with E-state index in [-0.39, 0.29) is 0 Å². The molecule has 4 heteroatoms. The lowest BCUT2D eigenvalue weighted by atomic mass is 10.0. The minimum atomic E-state index is 0.450. The number of hydrogen-bond donors (Lipinski definition) is 2. The highest BCUT2D eigenvalue weighted by Crippen LogP contribution is 2.21. The second-order valence-corrected chi connectivity index (χ2v) is 6.20. The fraction of sp³-hybridized carbons (Fsp3) is 0.588. The van der Waals surface area contributed by atoms with E-state index in [1.54, 1.807) is 0 Å². The molecule has 0 bridgehead atoms. The Hall–Kier alpha value is -1.55. The summed E-state index contributed by atoms with van der Waals surface area (Å²) in [5.74, 6) is 0.720. The number of aromatic nitrogens is 1. The first-order chi connectivity index (χ1) is 10.2. The molecule has 1 aromatic carbocycles. The maximum Gasteiger partial charge on any atom is 0.192 e. The highest BCUT2D eigenvalue weighted by atomic mass is 16.3. The minimum Gasteiger partial charge on any atom is -0.441 e. The van der Waals surface area contributed by atoms with E-state index in [4.69, 9.17) is 4.42 Å². The molecule has 3 rings (SSSR count). The molecule has 2 unspecified atom stereocenters. The predicted octanol–water partition coefficient (Wildman–Crippen LogP) is 3.86. The number of oxazole rings is 1. The van der Waals surface area contributed by atoms with E-state index in [0.29, 0.717) is 12.1 Å². The number of rotatable bonds is 4. The Kier molecular flexibility index (Phi) is 4.44. The molecule has 0 amide bonds. The lowest BCUT2D eigenvalue weighted by Crippen LogP contribution is -2.33. The average molecular weight is 287 g/mol. The van der Waals surface area contributed by atoms with E-state index in [0.717, 1.165) is 29.1 Å². The number of anilines is 1. The van der Waals surface area contributed by atoms with Gasteiger partial charge in [0, 0.05) is 24.7 Å². The molecular formula is C17H25N3O. The fourth-order valence-electron chi connectivity index (χ4n) is 3.20. The number of nitrogens with zero attached hydrogens (tertiary/aromatic N) is 1. The average Bonchev–Trinajstić information content (AvgIpc) is 2.64. The van der Waals surface area contributed by atoms with E-state index < -0.39 is 0 Å². The zero-order chi connectivity index (χ0) is 14.7. The van der Waals surface area contributed by atoms with Crippen LogP contribution in [0.4, 0.5) is 5.69 Å². The van der Waals surface area contributed by atoms with E-state index in [1.165, 1.54) is 32.2 Å². The van der Waals surface area contributed by atoms with Crippen LogP contribution >= 0.6 is 0 Å². The number of fused-ring (bicyclic) bond motifs is 1. The molecule has 1 aliphatic heterocycles. The number of hydrogen-bond acceptors (Lipinski definition) is 4. The maximum absolute atomic E-state index is 5.51. The number of aryl methyl sites for hydroxylation is 1. The normalized spacial score (nSPS) is 21.1.